The van der Waals surface area contributed by atoms with Crippen molar-refractivity contribution in [3.05, 3.63) is 35.9 Å². The minimum absolute atomic E-state index is 0.242. The number of nitrogens with one attached hydrogen (secondary N) is 1. The average Bonchev–Trinajstić information content (AvgIpc) is 2.31. The lowest BCUT2D eigenvalue weighted by Gasteiger charge is -2.14. The summed E-state index contributed by atoms with van der Waals surface area (Å²) in [7, 11) is 0. The van der Waals surface area contributed by atoms with Crippen LogP contribution in [0, 0.1) is 0 Å². The van der Waals surface area contributed by atoms with Gasteiger partial charge in [-0.15, -0.1) is 0 Å². The lowest BCUT2D eigenvalue weighted by Crippen LogP contribution is -2.39. The summed E-state index contributed by atoms with van der Waals surface area (Å²) >= 11 is 4.13. The molecule has 0 unspecified atom stereocenters. The average molecular weight is 239 g/mol. The standard InChI is InChI=1S/C12H17NO2S/c1-2-15-12(14)11(9-16)13-8-10-6-4-3-5-7-10/h3-7,11,13,16H,2,8-9H2,1H3/t11-/m1/s1. The molecule has 0 aliphatic rings. The van der Waals surface area contributed by atoms with Crippen LogP contribution in [0.3, 0.4) is 0 Å². The molecule has 4 heteroatoms. The van der Waals surface area contributed by atoms with Gasteiger partial charge in [-0.2, -0.15) is 12.6 Å². The Balaban J connectivity index is 2.43. The van der Waals surface area contributed by atoms with Gasteiger partial charge in [-0.25, -0.2) is 0 Å². The second kappa shape index (κ2) is 7.30. The van der Waals surface area contributed by atoms with Gasteiger partial charge < -0.3 is 4.74 Å². The number of carbonyl (C=O) groups is 1. The van der Waals surface area contributed by atoms with Gasteiger partial charge in [0.25, 0.3) is 0 Å². The van der Waals surface area contributed by atoms with Crippen molar-refractivity contribution in [3.8, 4) is 0 Å². The zero-order valence-corrected chi connectivity index (χ0v) is 10.2. The molecule has 0 bridgehead atoms. The van der Waals surface area contributed by atoms with Crippen LogP contribution in [-0.2, 0) is 16.1 Å². The first-order valence-electron chi connectivity index (χ1n) is 5.32. The molecule has 0 aliphatic heterocycles. The molecule has 1 rings (SSSR count). The number of carbonyl (C=O) groups excluding carboxylic acids is 1. The monoisotopic (exact) mass is 239 g/mol. The van der Waals surface area contributed by atoms with Crippen LogP contribution in [0.2, 0.25) is 0 Å². The van der Waals surface area contributed by atoms with Crippen molar-refractivity contribution in [3.63, 3.8) is 0 Å². The van der Waals surface area contributed by atoms with E-state index in [1.807, 2.05) is 30.3 Å². The molecule has 0 saturated heterocycles. The van der Waals surface area contributed by atoms with Gasteiger partial charge in [-0.3, -0.25) is 10.1 Å². The minimum Gasteiger partial charge on any atom is -0.465 e. The Labute approximate surface area is 102 Å². The summed E-state index contributed by atoms with van der Waals surface area (Å²) in [6, 6.07) is 9.57. The van der Waals surface area contributed by atoms with Crippen molar-refractivity contribution < 1.29 is 9.53 Å². The van der Waals surface area contributed by atoms with Crippen LogP contribution >= 0.6 is 12.6 Å². The third kappa shape index (κ3) is 4.24. The highest BCUT2D eigenvalue weighted by atomic mass is 32.1. The van der Waals surface area contributed by atoms with Crippen molar-refractivity contribution >= 4 is 18.6 Å². The Morgan fingerprint density at radius 2 is 2.12 bits per heavy atom. The molecule has 1 atom stereocenters. The lowest BCUT2D eigenvalue weighted by molar-refractivity contribution is -0.145. The molecule has 1 aromatic rings. The normalized spacial score (nSPS) is 12.1. The Morgan fingerprint density at radius 3 is 2.69 bits per heavy atom. The zero-order valence-electron chi connectivity index (χ0n) is 9.35. The SMILES string of the molecule is CCOC(=O)[C@@H](CS)NCc1ccccc1. The second-order valence-corrected chi connectivity index (χ2v) is 3.72. The fourth-order valence-electron chi connectivity index (χ4n) is 1.30. The van der Waals surface area contributed by atoms with Crippen LogP contribution in [0.25, 0.3) is 0 Å². The Bertz CT molecular complexity index is 316. The van der Waals surface area contributed by atoms with Gasteiger partial charge in [0.05, 0.1) is 6.61 Å². The molecule has 0 aromatic heterocycles. The fraction of sp³-hybridized carbons (Fsp3) is 0.417. The summed E-state index contributed by atoms with van der Waals surface area (Å²) in [5.41, 5.74) is 1.14. The summed E-state index contributed by atoms with van der Waals surface area (Å²) in [5.74, 6) is 0.194. The van der Waals surface area contributed by atoms with Gasteiger partial charge in [-0.05, 0) is 12.5 Å². The van der Waals surface area contributed by atoms with Crippen LogP contribution in [-0.4, -0.2) is 24.4 Å². The van der Waals surface area contributed by atoms with Crippen LogP contribution in [0.15, 0.2) is 30.3 Å². The quantitative estimate of drug-likeness (QED) is 0.585. The van der Waals surface area contributed by atoms with E-state index in [9.17, 15) is 4.79 Å². The first-order chi connectivity index (χ1) is 7.77. The Kier molecular flexibility index (Phi) is 5.96. The van der Waals surface area contributed by atoms with Crippen molar-refractivity contribution in [2.24, 2.45) is 0 Å². The maximum atomic E-state index is 11.5. The van der Waals surface area contributed by atoms with Crippen LogP contribution < -0.4 is 5.32 Å². The highest BCUT2D eigenvalue weighted by Gasteiger charge is 2.16. The number of hydrogen-bond donors (Lipinski definition) is 2. The van der Waals surface area contributed by atoms with Crippen LogP contribution in [0.4, 0.5) is 0 Å². The number of ether oxygens (including phenoxy) is 1. The molecule has 0 spiro atoms. The fourth-order valence-corrected chi connectivity index (χ4v) is 1.58. The second-order valence-electron chi connectivity index (χ2n) is 3.35. The van der Waals surface area contributed by atoms with E-state index in [1.165, 1.54) is 0 Å². The summed E-state index contributed by atoms with van der Waals surface area (Å²) in [4.78, 5) is 11.5. The number of esters is 1. The minimum atomic E-state index is -0.344. The van der Waals surface area contributed by atoms with Gasteiger partial charge >= 0.3 is 5.97 Å². The van der Waals surface area contributed by atoms with Crippen molar-refractivity contribution in [1.29, 1.82) is 0 Å². The van der Waals surface area contributed by atoms with E-state index in [0.717, 1.165) is 5.56 Å². The summed E-state index contributed by atoms with van der Waals surface area (Å²) < 4.78 is 4.93. The molecule has 3 nitrogen and oxygen atoms in total. The van der Waals surface area contributed by atoms with Crippen molar-refractivity contribution in [2.75, 3.05) is 12.4 Å². The van der Waals surface area contributed by atoms with Crippen molar-refractivity contribution in [1.82, 2.24) is 5.32 Å². The van der Waals surface area contributed by atoms with Gasteiger partial charge in [-0.1, -0.05) is 30.3 Å². The van der Waals surface area contributed by atoms with Gasteiger partial charge in [0, 0.05) is 12.3 Å². The molecule has 0 amide bonds. The maximum absolute atomic E-state index is 11.5. The molecule has 1 aromatic carbocycles. The summed E-state index contributed by atoms with van der Waals surface area (Å²) in [5, 5.41) is 3.12. The molecule has 0 aliphatic carbocycles. The first-order valence-corrected chi connectivity index (χ1v) is 5.96. The number of rotatable bonds is 6. The molecule has 0 fully saturated rings. The summed E-state index contributed by atoms with van der Waals surface area (Å²) in [6.07, 6.45) is 0. The largest absolute Gasteiger partial charge is 0.465 e. The van der Waals surface area contributed by atoms with E-state index in [1.54, 1.807) is 6.92 Å². The van der Waals surface area contributed by atoms with E-state index in [-0.39, 0.29) is 12.0 Å². The van der Waals surface area contributed by atoms with E-state index < -0.39 is 0 Å². The number of benzene rings is 1. The molecule has 0 radical (unpaired) electrons. The predicted molar refractivity (Wildman–Crippen MR) is 67.6 cm³/mol. The van der Waals surface area contributed by atoms with Crippen molar-refractivity contribution in [2.45, 2.75) is 19.5 Å². The topological polar surface area (TPSA) is 38.3 Å². The first kappa shape index (κ1) is 13.1. The maximum Gasteiger partial charge on any atom is 0.323 e. The summed E-state index contributed by atoms with van der Waals surface area (Å²) in [6.45, 7) is 2.84. The smallest absolute Gasteiger partial charge is 0.323 e. The zero-order chi connectivity index (χ0) is 11.8. The lowest BCUT2D eigenvalue weighted by atomic mass is 10.2. The van der Waals surface area contributed by atoms with E-state index in [2.05, 4.69) is 17.9 Å². The Morgan fingerprint density at radius 1 is 1.44 bits per heavy atom. The van der Waals surface area contributed by atoms with E-state index in [4.69, 9.17) is 4.74 Å². The van der Waals surface area contributed by atoms with Crippen LogP contribution in [0.5, 0.6) is 0 Å². The molecule has 16 heavy (non-hydrogen) atoms. The van der Waals surface area contributed by atoms with E-state index in [0.29, 0.717) is 18.9 Å². The predicted octanol–water partition coefficient (Wildman–Crippen LogP) is 1.64. The molecule has 88 valence electrons. The molecule has 0 saturated carbocycles. The molecular weight excluding hydrogens is 222 g/mol. The third-order valence-electron chi connectivity index (χ3n) is 2.15. The molecule has 1 N–H and O–H groups in total. The van der Waals surface area contributed by atoms with Crippen LogP contribution in [0.1, 0.15) is 12.5 Å². The highest BCUT2D eigenvalue weighted by molar-refractivity contribution is 7.80. The van der Waals surface area contributed by atoms with Gasteiger partial charge in [0.15, 0.2) is 0 Å². The Hall–Kier alpha value is -1.00. The molecular formula is C12H17NO2S. The van der Waals surface area contributed by atoms with Gasteiger partial charge in [0.2, 0.25) is 0 Å². The highest BCUT2D eigenvalue weighted by Crippen LogP contribution is 2.00. The molecule has 0 heterocycles. The number of thiol groups is 1. The van der Waals surface area contributed by atoms with E-state index >= 15 is 0 Å². The number of hydrogen-bond acceptors (Lipinski definition) is 4. The third-order valence-corrected chi connectivity index (χ3v) is 2.51. The van der Waals surface area contributed by atoms with Gasteiger partial charge in [0.1, 0.15) is 6.04 Å².